The van der Waals surface area contributed by atoms with Crippen LogP contribution in [0.5, 0.6) is 0 Å². The van der Waals surface area contributed by atoms with Crippen LogP contribution >= 0.6 is 11.8 Å². The number of rotatable bonds is 3. The summed E-state index contributed by atoms with van der Waals surface area (Å²) in [5.41, 5.74) is 9.49. The van der Waals surface area contributed by atoms with Crippen LogP contribution in [0.25, 0.3) is 0 Å². The van der Waals surface area contributed by atoms with Crippen LogP contribution in [0.15, 0.2) is 28.1 Å². The second kappa shape index (κ2) is 5.61. The normalized spacial score (nSPS) is 10.7. The highest BCUT2D eigenvalue weighted by molar-refractivity contribution is 7.99. The van der Waals surface area contributed by atoms with Crippen LogP contribution < -0.4 is 5.73 Å². The summed E-state index contributed by atoms with van der Waals surface area (Å²) in [5, 5.41) is 0.951. The summed E-state index contributed by atoms with van der Waals surface area (Å²) < 4.78 is 0. The highest BCUT2D eigenvalue weighted by Crippen LogP contribution is 2.31. The molecule has 0 aliphatic rings. The van der Waals surface area contributed by atoms with Crippen LogP contribution in [0.1, 0.15) is 29.4 Å². The first-order chi connectivity index (χ1) is 9.01. The summed E-state index contributed by atoms with van der Waals surface area (Å²) in [6.07, 6.45) is 0.797. The number of nitrogen functional groups attached to an aromatic ring is 1. The van der Waals surface area contributed by atoms with Gasteiger partial charge in [-0.3, -0.25) is 0 Å². The molecule has 1 aromatic carbocycles. The molecule has 19 heavy (non-hydrogen) atoms. The Morgan fingerprint density at radius 2 is 1.84 bits per heavy atom. The molecule has 0 spiro atoms. The number of nitrogens with two attached hydrogens (primary N) is 1. The van der Waals surface area contributed by atoms with Crippen LogP contribution in [0, 0.1) is 20.8 Å². The van der Waals surface area contributed by atoms with E-state index in [-0.39, 0.29) is 0 Å². The highest BCUT2D eigenvalue weighted by atomic mass is 32.2. The van der Waals surface area contributed by atoms with Gasteiger partial charge in [0.1, 0.15) is 16.7 Å². The summed E-state index contributed by atoms with van der Waals surface area (Å²) in [4.78, 5) is 10.0. The van der Waals surface area contributed by atoms with Crippen LogP contribution in [0.4, 0.5) is 5.82 Å². The number of hydrogen-bond acceptors (Lipinski definition) is 4. The largest absolute Gasteiger partial charge is 0.383 e. The lowest BCUT2D eigenvalue weighted by atomic mass is 10.1. The lowest BCUT2D eigenvalue weighted by Crippen LogP contribution is -2.03. The molecule has 2 rings (SSSR count). The Balaban J connectivity index is 2.37. The van der Waals surface area contributed by atoms with Crippen LogP contribution in [0.3, 0.4) is 0 Å². The quantitative estimate of drug-likeness (QED) is 0.866. The van der Waals surface area contributed by atoms with Crippen molar-refractivity contribution >= 4 is 17.6 Å². The molecule has 0 saturated carbocycles. The maximum absolute atomic E-state index is 5.94. The van der Waals surface area contributed by atoms with Crippen LogP contribution in [0.2, 0.25) is 0 Å². The van der Waals surface area contributed by atoms with Crippen molar-refractivity contribution in [2.75, 3.05) is 5.73 Å². The zero-order valence-corrected chi connectivity index (χ0v) is 12.6. The monoisotopic (exact) mass is 273 g/mol. The lowest BCUT2D eigenvalue weighted by molar-refractivity contribution is 0.878. The lowest BCUT2D eigenvalue weighted by Gasteiger charge is -2.10. The van der Waals surface area contributed by atoms with Gasteiger partial charge in [-0.1, -0.05) is 24.8 Å². The molecule has 2 aromatic rings. The topological polar surface area (TPSA) is 51.8 Å². The molecule has 0 radical (unpaired) electrons. The maximum Gasteiger partial charge on any atom is 0.131 e. The Morgan fingerprint density at radius 1 is 1.11 bits per heavy atom. The predicted octanol–water partition coefficient (Wildman–Crippen LogP) is 3.70. The second-order valence-electron chi connectivity index (χ2n) is 4.66. The summed E-state index contributed by atoms with van der Waals surface area (Å²) in [6, 6.07) is 6.44. The zero-order chi connectivity index (χ0) is 14.0. The van der Waals surface area contributed by atoms with E-state index in [9.17, 15) is 0 Å². The SMILES string of the molecule is CCc1nc(N)c(C)c(Sc2ccc(C)c(C)c2)n1. The molecule has 0 bridgehead atoms. The molecule has 1 heterocycles. The van der Waals surface area contributed by atoms with Crippen molar-refractivity contribution in [3.63, 3.8) is 0 Å². The third-order valence-electron chi connectivity index (χ3n) is 3.19. The van der Waals surface area contributed by atoms with Gasteiger partial charge in [-0.15, -0.1) is 0 Å². The number of anilines is 1. The fraction of sp³-hybridized carbons (Fsp3) is 0.333. The van der Waals surface area contributed by atoms with Gasteiger partial charge < -0.3 is 5.73 Å². The minimum atomic E-state index is 0.582. The van der Waals surface area contributed by atoms with Gasteiger partial charge in [0.05, 0.1) is 0 Å². The van der Waals surface area contributed by atoms with E-state index in [4.69, 9.17) is 5.73 Å². The Kier molecular flexibility index (Phi) is 4.10. The molecule has 3 nitrogen and oxygen atoms in total. The third kappa shape index (κ3) is 3.07. The van der Waals surface area contributed by atoms with E-state index in [2.05, 4.69) is 42.0 Å². The van der Waals surface area contributed by atoms with Gasteiger partial charge in [0.25, 0.3) is 0 Å². The Morgan fingerprint density at radius 3 is 2.47 bits per heavy atom. The van der Waals surface area contributed by atoms with Crippen molar-refractivity contribution in [1.82, 2.24) is 9.97 Å². The van der Waals surface area contributed by atoms with E-state index in [0.717, 1.165) is 22.8 Å². The first-order valence-corrected chi connectivity index (χ1v) is 7.21. The van der Waals surface area contributed by atoms with E-state index in [1.54, 1.807) is 11.8 Å². The molecule has 100 valence electrons. The summed E-state index contributed by atoms with van der Waals surface area (Å²) in [5.74, 6) is 1.38. The minimum Gasteiger partial charge on any atom is -0.383 e. The van der Waals surface area contributed by atoms with Gasteiger partial charge in [0, 0.05) is 16.9 Å². The van der Waals surface area contributed by atoms with E-state index in [0.29, 0.717) is 5.82 Å². The van der Waals surface area contributed by atoms with Gasteiger partial charge >= 0.3 is 0 Å². The van der Waals surface area contributed by atoms with Crippen LogP contribution in [-0.2, 0) is 6.42 Å². The number of benzene rings is 1. The molecule has 1 aromatic heterocycles. The molecular formula is C15H19N3S. The molecule has 0 atom stereocenters. The fourth-order valence-corrected chi connectivity index (χ4v) is 2.71. The van der Waals surface area contributed by atoms with Gasteiger partial charge in [-0.05, 0) is 44.0 Å². The van der Waals surface area contributed by atoms with E-state index in [1.807, 2.05) is 13.8 Å². The third-order valence-corrected chi connectivity index (χ3v) is 4.27. The summed E-state index contributed by atoms with van der Waals surface area (Å²) in [6.45, 7) is 8.25. The van der Waals surface area contributed by atoms with E-state index >= 15 is 0 Å². The standard InChI is InChI=1S/C15H19N3S/c1-5-13-17-14(16)11(4)15(18-13)19-12-7-6-9(2)10(3)8-12/h6-8H,5H2,1-4H3,(H2,16,17,18). The van der Waals surface area contributed by atoms with Gasteiger partial charge in [0.15, 0.2) is 0 Å². The Hall–Kier alpha value is -1.55. The average Bonchev–Trinajstić information content (AvgIpc) is 2.39. The van der Waals surface area contributed by atoms with E-state index < -0.39 is 0 Å². The number of aryl methyl sites for hydroxylation is 3. The maximum atomic E-state index is 5.94. The molecule has 0 amide bonds. The number of hydrogen-bond donors (Lipinski definition) is 1. The average molecular weight is 273 g/mol. The van der Waals surface area contributed by atoms with Gasteiger partial charge in [-0.2, -0.15) is 0 Å². The van der Waals surface area contributed by atoms with Crippen LogP contribution in [-0.4, -0.2) is 9.97 Å². The highest BCUT2D eigenvalue weighted by Gasteiger charge is 2.09. The molecule has 0 unspecified atom stereocenters. The predicted molar refractivity (Wildman–Crippen MR) is 80.6 cm³/mol. The molecule has 0 aliphatic carbocycles. The van der Waals surface area contributed by atoms with Crippen molar-refractivity contribution in [3.05, 3.63) is 40.7 Å². The van der Waals surface area contributed by atoms with Gasteiger partial charge in [0.2, 0.25) is 0 Å². The van der Waals surface area contributed by atoms with Crippen molar-refractivity contribution in [2.45, 2.75) is 44.0 Å². The number of aromatic nitrogens is 2. The molecule has 2 N–H and O–H groups in total. The van der Waals surface area contributed by atoms with Crippen molar-refractivity contribution < 1.29 is 0 Å². The van der Waals surface area contributed by atoms with Crippen molar-refractivity contribution in [1.29, 1.82) is 0 Å². The Labute approximate surface area is 118 Å². The fourth-order valence-electron chi connectivity index (χ4n) is 1.71. The van der Waals surface area contributed by atoms with E-state index in [1.165, 1.54) is 16.0 Å². The molecular weight excluding hydrogens is 254 g/mol. The van der Waals surface area contributed by atoms with Gasteiger partial charge in [-0.25, -0.2) is 9.97 Å². The zero-order valence-electron chi connectivity index (χ0n) is 11.8. The Bertz CT molecular complexity index is 609. The molecule has 0 saturated heterocycles. The first kappa shape index (κ1) is 13.9. The van der Waals surface area contributed by atoms with Crippen molar-refractivity contribution in [3.8, 4) is 0 Å². The summed E-state index contributed by atoms with van der Waals surface area (Å²) in [7, 11) is 0. The molecule has 0 aliphatic heterocycles. The first-order valence-electron chi connectivity index (χ1n) is 6.39. The molecule has 4 heteroatoms. The smallest absolute Gasteiger partial charge is 0.131 e. The number of nitrogens with zero attached hydrogens (tertiary/aromatic N) is 2. The second-order valence-corrected chi connectivity index (χ2v) is 5.72. The minimum absolute atomic E-state index is 0.582. The molecule has 0 fully saturated rings. The summed E-state index contributed by atoms with van der Waals surface area (Å²) >= 11 is 1.65. The van der Waals surface area contributed by atoms with Crippen molar-refractivity contribution in [2.24, 2.45) is 0 Å².